The van der Waals surface area contributed by atoms with Crippen molar-refractivity contribution in [2.45, 2.75) is 6.04 Å². The van der Waals surface area contributed by atoms with E-state index in [0.29, 0.717) is 5.76 Å². The van der Waals surface area contributed by atoms with Crippen molar-refractivity contribution >= 4 is 11.6 Å². The normalized spacial score (nSPS) is 11.9. The Morgan fingerprint density at radius 1 is 1.04 bits per heavy atom. The summed E-state index contributed by atoms with van der Waals surface area (Å²) in [6.07, 6.45) is 1.56. The Kier molecular flexibility index (Phi) is 5.20. The van der Waals surface area contributed by atoms with Crippen molar-refractivity contribution in [1.29, 1.82) is 0 Å². The van der Waals surface area contributed by atoms with E-state index in [0.717, 1.165) is 17.7 Å². The van der Waals surface area contributed by atoms with Gasteiger partial charge in [-0.25, -0.2) is 8.78 Å². The molecule has 0 saturated carbocycles. The van der Waals surface area contributed by atoms with E-state index in [1.165, 1.54) is 6.07 Å². The molecule has 0 unspecified atom stereocenters. The molecule has 3 rings (SSSR count). The van der Waals surface area contributed by atoms with E-state index in [-0.39, 0.29) is 18.3 Å². The molecule has 0 fully saturated rings. The smallest absolute Gasteiger partial charge is 0.238 e. The van der Waals surface area contributed by atoms with Crippen LogP contribution < -0.4 is 10.6 Å². The van der Waals surface area contributed by atoms with Crippen molar-refractivity contribution < 1.29 is 18.0 Å². The van der Waals surface area contributed by atoms with E-state index in [9.17, 15) is 13.6 Å². The fourth-order valence-corrected chi connectivity index (χ4v) is 2.46. The molecule has 3 aromatic rings. The van der Waals surface area contributed by atoms with Crippen LogP contribution in [0.15, 0.2) is 71.3 Å². The summed E-state index contributed by atoms with van der Waals surface area (Å²) in [6, 6.07) is 15.7. The van der Waals surface area contributed by atoms with Crippen LogP contribution >= 0.6 is 0 Å². The molecule has 0 aliphatic rings. The molecule has 25 heavy (non-hydrogen) atoms. The molecule has 0 saturated heterocycles. The topological polar surface area (TPSA) is 54.3 Å². The minimum absolute atomic E-state index is 0.0672. The Balaban J connectivity index is 1.68. The monoisotopic (exact) mass is 342 g/mol. The van der Waals surface area contributed by atoms with E-state index in [1.54, 1.807) is 12.3 Å². The first-order valence-corrected chi connectivity index (χ1v) is 7.70. The fourth-order valence-electron chi connectivity index (χ4n) is 2.46. The van der Waals surface area contributed by atoms with Crippen LogP contribution in [0.5, 0.6) is 0 Å². The highest BCUT2D eigenvalue weighted by Gasteiger charge is 2.18. The second kappa shape index (κ2) is 7.72. The highest BCUT2D eigenvalue weighted by Crippen LogP contribution is 2.22. The first kappa shape index (κ1) is 16.9. The Hall–Kier alpha value is -2.99. The minimum atomic E-state index is -0.820. The van der Waals surface area contributed by atoms with Gasteiger partial charge in [0.25, 0.3) is 0 Å². The summed E-state index contributed by atoms with van der Waals surface area (Å²) in [5.74, 6) is -1.31. The standard InChI is InChI=1S/C19H16F2N2O2/c20-14-8-9-16(15(21)11-14)23-18(24)12-22-19(17-7-4-10-25-17)13-5-2-1-3-6-13/h1-11,19,22H,12H2,(H,23,24)/t19-/m0/s1. The molecule has 1 aromatic heterocycles. The highest BCUT2D eigenvalue weighted by molar-refractivity contribution is 5.92. The summed E-state index contributed by atoms with van der Waals surface area (Å²) >= 11 is 0. The lowest BCUT2D eigenvalue weighted by molar-refractivity contribution is -0.115. The Bertz CT molecular complexity index is 836. The van der Waals surface area contributed by atoms with E-state index in [2.05, 4.69) is 10.6 Å². The summed E-state index contributed by atoms with van der Waals surface area (Å²) < 4.78 is 32.0. The van der Waals surface area contributed by atoms with E-state index in [4.69, 9.17) is 4.42 Å². The van der Waals surface area contributed by atoms with Crippen molar-refractivity contribution in [1.82, 2.24) is 5.32 Å². The second-order valence-electron chi connectivity index (χ2n) is 5.41. The molecule has 0 spiro atoms. The van der Waals surface area contributed by atoms with Crippen LogP contribution in [0, 0.1) is 11.6 Å². The number of anilines is 1. The fraction of sp³-hybridized carbons (Fsp3) is 0.105. The van der Waals surface area contributed by atoms with Gasteiger partial charge in [-0.1, -0.05) is 30.3 Å². The van der Waals surface area contributed by atoms with Gasteiger partial charge in [0.15, 0.2) is 0 Å². The molecular formula is C19H16F2N2O2. The maximum absolute atomic E-state index is 13.6. The first-order chi connectivity index (χ1) is 12.1. The largest absolute Gasteiger partial charge is 0.467 e. The number of benzene rings is 2. The lowest BCUT2D eigenvalue weighted by Gasteiger charge is -2.17. The van der Waals surface area contributed by atoms with Gasteiger partial charge in [0.2, 0.25) is 5.91 Å². The van der Waals surface area contributed by atoms with Gasteiger partial charge in [-0.3, -0.25) is 10.1 Å². The summed E-state index contributed by atoms with van der Waals surface area (Å²) in [6.45, 7) is -0.0723. The first-order valence-electron chi connectivity index (χ1n) is 7.70. The number of carbonyl (C=O) groups excluding carboxylic acids is 1. The van der Waals surface area contributed by atoms with Crippen molar-refractivity contribution in [2.75, 3.05) is 11.9 Å². The van der Waals surface area contributed by atoms with Crippen molar-refractivity contribution in [2.24, 2.45) is 0 Å². The van der Waals surface area contributed by atoms with E-state index < -0.39 is 17.5 Å². The third-order valence-corrected chi connectivity index (χ3v) is 3.63. The van der Waals surface area contributed by atoms with Crippen LogP contribution in [0.1, 0.15) is 17.4 Å². The van der Waals surface area contributed by atoms with Gasteiger partial charge in [0.1, 0.15) is 17.4 Å². The molecule has 1 heterocycles. The van der Waals surface area contributed by atoms with Gasteiger partial charge in [-0.05, 0) is 29.8 Å². The third-order valence-electron chi connectivity index (χ3n) is 3.63. The number of hydrogen-bond donors (Lipinski definition) is 2. The SMILES string of the molecule is O=C(CN[C@@H](c1ccccc1)c1ccco1)Nc1ccc(F)cc1F. The molecule has 6 heteroatoms. The summed E-state index contributed by atoms with van der Waals surface area (Å²) in [5, 5.41) is 5.50. The molecule has 2 N–H and O–H groups in total. The zero-order chi connectivity index (χ0) is 17.6. The number of halogens is 2. The summed E-state index contributed by atoms with van der Waals surface area (Å²) in [7, 11) is 0. The molecule has 0 aliphatic carbocycles. The molecule has 1 atom stereocenters. The predicted octanol–water partition coefficient (Wildman–Crippen LogP) is 3.88. The van der Waals surface area contributed by atoms with Crippen molar-refractivity contribution in [3.8, 4) is 0 Å². The minimum Gasteiger partial charge on any atom is -0.467 e. The average molecular weight is 342 g/mol. The molecule has 4 nitrogen and oxygen atoms in total. The summed E-state index contributed by atoms with van der Waals surface area (Å²) in [4.78, 5) is 12.1. The van der Waals surface area contributed by atoms with E-state index >= 15 is 0 Å². The molecule has 0 aliphatic heterocycles. The molecule has 0 bridgehead atoms. The van der Waals surface area contributed by atoms with Crippen LogP contribution in [-0.2, 0) is 4.79 Å². The van der Waals surface area contributed by atoms with Gasteiger partial charge >= 0.3 is 0 Å². The van der Waals surface area contributed by atoms with Crippen LogP contribution in [0.3, 0.4) is 0 Å². The lowest BCUT2D eigenvalue weighted by Crippen LogP contribution is -2.32. The molecular weight excluding hydrogens is 326 g/mol. The molecule has 0 radical (unpaired) electrons. The van der Waals surface area contributed by atoms with Gasteiger partial charge in [-0.2, -0.15) is 0 Å². The number of hydrogen-bond acceptors (Lipinski definition) is 3. The number of nitrogens with one attached hydrogen (secondary N) is 2. The maximum Gasteiger partial charge on any atom is 0.238 e. The highest BCUT2D eigenvalue weighted by atomic mass is 19.1. The van der Waals surface area contributed by atoms with Gasteiger partial charge in [-0.15, -0.1) is 0 Å². The third kappa shape index (κ3) is 4.30. The van der Waals surface area contributed by atoms with Gasteiger partial charge < -0.3 is 9.73 Å². The maximum atomic E-state index is 13.6. The quantitative estimate of drug-likeness (QED) is 0.715. The second-order valence-corrected chi connectivity index (χ2v) is 5.41. The zero-order valence-corrected chi connectivity index (χ0v) is 13.2. The number of amides is 1. The Labute approximate surface area is 143 Å². The van der Waals surface area contributed by atoms with Crippen molar-refractivity contribution in [3.63, 3.8) is 0 Å². The Morgan fingerprint density at radius 2 is 1.84 bits per heavy atom. The van der Waals surface area contributed by atoms with Crippen LogP contribution in [-0.4, -0.2) is 12.5 Å². The van der Waals surface area contributed by atoms with Gasteiger partial charge in [0, 0.05) is 6.07 Å². The Morgan fingerprint density at radius 3 is 2.52 bits per heavy atom. The number of furan rings is 1. The number of rotatable bonds is 6. The molecule has 2 aromatic carbocycles. The van der Waals surface area contributed by atoms with Crippen LogP contribution in [0.2, 0.25) is 0 Å². The lowest BCUT2D eigenvalue weighted by atomic mass is 10.0. The van der Waals surface area contributed by atoms with E-state index in [1.807, 2.05) is 36.4 Å². The summed E-state index contributed by atoms with van der Waals surface area (Å²) in [5.41, 5.74) is 0.862. The number of carbonyl (C=O) groups is 1. The zero-order valence-electron chi connectivity index (χ0n) is 13.2. The van der Waals surface area contributed by atoms with Crippen LogP contribution in [0.4, 0.5) is 14.5 Å². The average Bonchev–Trinajstić information content (AvgIpc) is 3.13. The van der Waals surface area contributed by atoms with Crippen LogP contribution in [0.25, 0.3) is 0 Å². The van der Waals surface area contributed by atoms with Crippen molar-refractivity contribution in [3.05, 3.63) is 89.9 Å². The molecule has 128 valence electrons. The van der Waals surface area contributed by atoms with Gasteiger partial charge in [0.05, 0.1) is 24.5 Å². The molecule has 1 amide bonds. The predicted molar refractivity (Wildman–Crippen MR) is 90.0 cm³/mol.